The largest absolute Gasteiger partial charge is 0.359 e. The van der Waals surface area contributed by atoms with Gasteiger partial charge in [0.1, 0.15) is 23.3 Å². The van der Waals surface area contributed by atoms with Crippen LogP contribution in [0.25, 0.3) is 0 Å². The molecule has 12 heteroatoms. The minimum Gasteiger partial charge on any atom is -0.359 e. The van der Waals surface area contributed by atoms with Gasteiger partial charge >= 0.3 is 0 Å². The van der Waals surface area contributed by atoms with Gasteiger partial charge in [-0.2, -0.15) is 4.98 Å². The molecule has 9 nitrogen and oxygen atoms in total. The van der Waals surface area contributed by atoms with Gasteiger partial charge in [0.2, 0.25) is 11.9 Å². The average molecular weight is 494 g/mol. The first-order valence-corrected chi connectivity index (χ1v) is 13.1. The van der Waals surface area contributed by atoms with Gasteiger partial charge in [0.25, 0.3) is 5.56 Å². The summed E-state index contributed by atoms with van der Waals surface area (Å²) in [5, 5.41) is 0. The second-order valence-electron chi connectivity index (χ2n) is 9.36. The normalized spacial score (nSPS) is 19.5. The van der Waals surface area contributed by atoms with E-state index < -0.39 is 38.7 Å². The van der Waals surface area contributed by atoms with Crippen LogP contribution in [0.1, 0.15) is 30.4 Å². The SMILES string of the molecule is CN1CCCc2c1nc(N1CCC3(CC1)C(=O)N(CS(C)(=O)=O)c1cc(F)cc(F)c13)[nH]c2=O. The number of hydrogen-bond donors (Lipinski definition) is 1. The van der Waals surface area contributed by atoms with Gasteiger partial charge in [-0.05, 0) is 31.7 Å². The Bertz CT molecular complexity index is 1350. The van der Waals surface area contributed by atoms with Crippen molar-refractivity contribution in [3.05, 3.63) is 45.2 Å². The number of sulfone groups is 1. The van der Waals surface area contributed by atoms with Crippen LogP contribution in [-0.2, 0) is 26.5 Å². The number of carbonyl (C=O) groups excluding carboxylic acids is 1. The number of benzene rings is 1. The van der Waals surface area contributed by atoms with E-state index in [1.807, 2.05) is 16.8 Å². The lowest BCUT2D eigenvalue weighted by atomic mass is 9.73. The van der Waals surface area contributed by atoms with E-state index in [-0.39, 0.29) is 42.7 Å². The maximum atomic E-state index is 15.0. The standard InChI is InChI=1S/C22H25F2N5O4S/c1-27-7-3-4-14-18(27)25-21(26-19(14)30)28-8-5-22(6-9-28)17-15(24)10-13(23)11-16(17)29(20(22)31)12-34(2,32)33/h10-11H,3-9,12H2,1-2H3,(H,25,26,30). The third kappa shape index (κ3) is 3.55. The van der Waals surface area contributed by atoms with Crippen LogP contribution < -0.4 is 20.3 Å². The Kier molecular flexibility index (Phi) is 5.19. The molecule has 1 saturated heterocycles. The zero-order valence-electron chi connectivity index (χ0n) is 18.9. The molecule has 3 aliphatic heterocycles. The highest BCUT2D eigenvalue weighted by atomic mass is 32.2. The molecule has 1 aromatic carbocycles. The van der Waals surface area contributed by atoms with Gasteiger partial charge in [0.05, 0.1) is 16.7 Å². The molecule has 2 aromatic rings. The van der Waals surface area contributed by atoms with Gasteiger partial charge in [-0.3, -0.25) is 19.5 Å². The Balaban J connectivity index is 1.49. The molecule has 1 fully saturated rings. The summed E-state index contributed by atoms with van der Waals surface area (Å²) in [5.41, 5.74) is -0.863. The molecule has 3 aliphatic rings. The molecule has 0 saturated carbocycles. The molecule has 1 N–H and O–H groups in total. The molecule has 0 atom stereocenters. The first-order chi connectivity index (χ1) is 16.0. The van der Waals surface area contributed by atoms with Crippen LogP contribution in [0.4, 0.5) is 26.2 Å². The van der Waals surface area contributed by atoms with Gasteiger partial charge in [-0.1, -0.05) is 0 Å². The van der Waals surface area contributed by atoms with Crippen LogP contribution in [0, 0.1) is 11.6 Å². The van der Waals surface area contributed by atoms with Crippen LogP contribution in [0.2, 0.25) is 0 Å². The van der Waals surface area contributed by atoms with Crippen LogP contribution in [0.3, 0.4) is 0 Å². The molecule has 0 radical (unpaired) electrons. The quantitative estimate of drug-likeness (QED) is 0.687. The van der Waals surface area contributed by atoms with Crippen molar-refractivity contribution in [3.8, 4) is 0 Å². The van der Waals surface area contributed by atoms with Crippen LogP contribution in [0.5, 0.6) is 0 Å². The first kappa shape index (κ1) is 22.8. The molecule has 182 valence electrons. The summed E-state index contributed by atoms with van der Waals surface area (Å²) < 4.78 is 53.0. The summed E-state index contributed by atoms with van der Waals surface area (Å²) in [6, 6.07) is 1.74. The predicted molar refractivity (Wildman–Crippen MR) is 123 cm³/mol. The van der Waals surface area contributed by atoms with Crippen molar-refractivity contribution in [1.82, 2.24) is 9.97 Å². The Morgan fingerprint density at radius 3 is 2.53 bits per heavy atom. The summed E-state index contributed by atoms with van der Waals surface area (Å²) in [5.74, 6) is -1.94. The van der Waals surface area contributed by atoms with Crippen molar-refractivity contribution in [2.24, 2.45) is 0 Å². The minimum atomic E-state index is -3.64. The number of nitrogens with one attached hydrogen (secondary N) is 1. The summed E-state index contributed by atoms with van der Waals surface area (Å²) in [6.45, 7) is 1.35. The number of rotatable bonds is 3. The van der Waals surface area contributed by atoms with E-state index >= 15 is 4.39 Å². The van der Waals surface area contributed by atoms with Gasteiger partial charge in [0.15, 0.2) is 9.84 Å². The summed E-state index contributed by atoms with van der Waals surface area (Å²) >= 11 is 0. The highest BCUT2D eigenvalue weighted by Crippen LogP contribution is 2.49. The molecular weight excluding hydrogens is 468 g/mol. The van der Waals surface area contributed by atoms with Gasteiger partial charge in [0, 0.05) is 44.6 Å². The summed E-state index contributed by atoms with van der Waals surface area (Å²) in [6.07, 6.45) is 2.83. The van der Waals surface area contributed by atoms with Crippen LogP contribution in [-0.4, -0.2) is 63.1 Å². The number of carbonyl (C=O) groups is 1. The monoisotopic (exact) mass is 493 g/mol. The van der Waals surface area contributed by atoms with E-state index in [2.05, 4.69) is 9.97 Å². The molecular formula is C22H25F2N5O4S. The van der Waals surface area contributed by atoms with Crippen molar-refractivity contribution in [1.29, 1.82) is 0 Å². The number of fused-ring (bicyclic) bond motifs is 3. The first-order valence-electron chi connectivity index (χ1n) is 11.1. The number of piperidine rings is 1. The fraction of sp³-hybridized carbons (Fsp3) is 0.500. The van der Waals surface area contributed by atoms with Crippen molar-refractivity contribution in [3.63, 3.8) is 0 Å². The average Bonchev–Trinajstić information content (AvgIpc) is 2.96. The lowest BCUT2D eigenvalue weighted by Crippen LogP contribution is -2.50. The maximum Gasteiger partial charge on any atom is 0.257 e. The molecule has 1 spiro atoms. The molecule has 1 aromatic heterocycles. The molecule has 1 amide bonds. The Morgan fingerprint density at radius 2 is 1.85 bits per heavy atom. The van der Waals surface area contributed by atoms with Crippen molar-refractivity contribution in [2.75, 3.05) is 53.5 Å². The van der Waals surface area contributed by atoms with E-state index in [1.165, 1.54) is 0 Å². The fourth-order valence-corrected chi connectivity index (χ4v) is 6.14. The van der Waals surface area contributed by atoms with Gasteiger partial charge in [-0.15, -0.1) is 0 Å². The van der Waals surface area contributed by atoms with Crippen molar-refractivity contribution >= 4 is 33.2 Å². The number of nitrogens with zero attached hydrogens (tertiary/aromatic N) is 4. The zero-order chi connectivity index (χ0) is 24.4. The predicted octanol–water partition coefficient (Wildman–Crippen LogP) is 1.32. The number of aromatic amines is 1. The summed E-state index contributed by atoms with van der Waals surface area (Å²) in [4.78, 5) is 38.3. The number of H-pyrrole nitrogens is 1. The topological polar surface area (TPSA) is 107 Å². The maximum absolute atomic E-state index is 15.0. The van der Waals surface area contributed by atoms with E-state index in [4.69, 9.17) is 0 Å². The number of halogens is 2. The number of aromatic nitrogens is 2. The second kappa shape index (κ2) is 7.76. The molecule has 5 rings (SSSR count). The number of anilines is 3. The zero-order valence-corrected chi connectivity index (χ0v) is 19.7. The highest BCUT2D eigenvalue weighted by molar-refractivity contribution is 7.90. The van der Waals surface area contributed by atoms with Gasteiger partial charge < -0.3 is 9.80 Å². The second-order valence-corrected chi connectivity index (χ2v) is 11.5. The molecule has 0 unspecified atom stereocenters. The molecule has 4 heterocycles. The van der Waals surface area contributed by atoms with Crippen molar-refractivity contribution < 1.29 is 22.0 Å². The lowest BCUT2D eigenvalue weighted by molar-refractivity contribution is -0.123. The van der Waals surface area contributed by atoms with Gasteiger partial charge in [-0.25, -0.2) is 17.2 Å². The summed E-state index contributed by atoms with van der Waals surface area (Å²) in [7, 11) is -1.76. The van der Waals surface area contributed by atoms with E-state index in [1.54, 1.807) is 0 Å². The van der Waals surface area contributed by atoms with Crippen LogP contribution in [0.15, 0.2) is 16.9 Å². The fourth-order valence-electron chi connectivity index (χ4n) is 5.41. The highest BCUT2D eigenvalue weighted by Gasteiger charge is 2.54. The Morgan fingerprint density at radius 1 is 1.15 bits per heavy atom. The molecule has 0 bridgehead atoms. The Labute approximate surface area is 195 Å². The van der Waals surface area contributed by atoms with E-state index in [9.17, 15) is 22.4 Å². The molecule has 34 heavy (non-hydrogen) atoms. The minimum absolute atomic E-state index is 0.0360. The number of amides is 1. The smallest absolute Gasteiger partial charge is 0.257 e. The van der Waals surface area contributed by atoms with Crippen molar-refractivity contribution in [2.45, 2.75) is 31.1 Å². The number of hydrogen-bond acceptors (Lipinski definition) is 7. The lowest BCUT2D eigenvalue weighted by Gasteiger charge is -2.39. The van der Waals surface area contributed by atoms with E-state index in [0.717, 1.165) is 36.3 Å². The third-order valence-electron chi connectivity index (χ3n) is 7.00. The van der Waals surface area contributed by atoms with E-state index in [0.29, 0.717) is 23.8 Å². The molecule has 0 aliphatic carbocycles. The third-order valence-corrected chi connectivity index (χ3v) is 7.73. The van der Waals surface area contributed by atoms with Crippen LogP contribution >= 0.6 is 0 Å². The Hall–Kier alpha value is -3.02.